The van der Waals surface area contributed by atoms with Crippen LogP contribution in [0.25, 0.3) is 0 Å². The molecule has 0 fully saturated rings. The summed E-state index contributed by atoms with van der Waals surface area (Å²) < 4.78 is 11.8. The minimum absolute atomic E-state index is 0.270. The zero-order valence-electron chi connectivity index (χ0n) is 10.9. The molecule has 1 heterocycles. The van der Waals surface area contributed by atoms with E-state index in [0.29, 0.717) is 11.8 Å². The molecule has 19 heavy (non-hydrogen) atoms. The Morgan fingerprint density at radius 2 is 2.21 bits per heavy atom. The number of hydrogen-bond donors (Lipinski definition) is 1. The van der Waals surface area contributed by atoms with Crippen LogP contribution in [0, 0.1) is 6.92 Å². The van der Waals surface area contributed by atoms with Crippen LogP contribution in [0.2, 0.25) is 0 Å². The maximum Gasteiger partial charge on any atom is 0.253 e. The summed E-state index contributed by atoms with van der Waals surface area (Å²) in [6, 6.07) is 6.00. The number of nitrogens with zero attached hydrogens (tertiary/aromatic N) is 2. The van der Waals surface area contributed by atoms with Gasteiger partial charge in [-0.15, -0.1) is 10.2 Å². The van der Waals surface area contributed by atoms with E-state index in [1.165, 1.54) is 5.56 Å². The average molecular weight is 326 g/mol. The number of ether oxygens (including phenoxy) is 1. The Morgan fingerprint density at radius 3 is 2.84 bits per heavy atom. The number of hydrogen-bond acceptors (Lipinski definition) is 5. The molecular formula is C13H16BrN3O2. The molecule has 5 nitrogen and oxygen atoms in total. The molecule has 6 heteroatoms. The zero-order valence-corrected chi connectivity index (χ0v) is 12.5. The van der Waals surface area contributed by atoms with Gasteiger partial charge in [0, 0.05) is 13.5 Å². The van der Waals surface area contributed by atoms with Crippen molar-refractivity contribution >= 4 is 15.9 Å². The van der Waals surface area contributed by atoms with Crippen molar-refractivity contribution in [2.24, 2.45) is 0 Å². The lowest BCUT2D eigenvalue weighted by molar-refractivity contribution is 0.259. The van der Waals surface area contributed by atoms with E-state index in [0.717, 1.165) is 23.3 Å². The van der Waals surface area contributed by atoms with Crippen LogP contribution in [-0.2, 0) is 13.2 Å². The second-order valence-corrected chi connectivity index (χ2v) is 4.90. The van der Waals surface area contributed by atoms with Crippen molar-refractivity contribution < 1.29 is 9.15 Å². The molecule has 0 bridgehead atoms. The Hall–Kier alpha value is -1.40. The van der Waals surface area contributed by atoms with Gasteiger partial charge in [-0.25, -0.2) is 0 Å². The van der Waals surface area contributed by atoms with E-state index in [9.17, 15) is 0 Å². The third-order valence-electron chi connectivity index (χ3n) is 2.49. The Morgan fingerprint density at radius 1 is 1.37 bits per heavy atom. The van der Waals surface area contributed by atoms with Crippen molar-refractivity contribution in [3.8, 4) is 5.75 Å². The van der Waals surface area contributed by atoms with Crippen molar-refractivity contribution in [1.29, 1.82) is 0 Å². The van der Waals surface area contributed by atoms with Crippen molar-refractivity contribution in [3.05, 3.63) is 40.0 Å². The van der Waals surface area contributed by atoms with E-state index < -0.39 is 0 Å². The minimum atomic E-state index is 0.270. The monoisotopic (exact) mass is 325 g/mol. The Labute approximate surface area is 120 Å². The molecule has 0 aliphatic carbocycles. The molecule has 2 aromatic rings. The quantitative estimate of drug-likeness (QED) is 0.884. The van der Waals surface area contributed by atoms with Crippen LogP contribution in [0.4, 0.5) is 0 Å². The first-order chi connectivity index (χ1) is 9.19. The van der Waals surface area contributed by atoms with Crippen LogP contribution in [0.5, 0.6) is 5.75 Å². The van der Waals surface area contributed by atoms with Crippen LogP contribution in [-0.4, -0.2) is 16.7 Å². The number of benzene rings is 1. The molecule has 0 aliphatic heterocycles. The van der Waals surface area contributed by atoms with Gasteiger partial charge in [0.15, 0.2) is 6.61 Å². The van der Waals surface area contributed by atoms with E-state index in [-0.39, 0.29) is 6.61 Å². The highest BCUT2D eigenvalue weighted by Gasteiger charge is 2.06. The fraction of sp³-hybridized carbons (Fsp3) is 0.385. The molecule has 0 unspecified atom stereocenters. The molecule has 2 rings (SSSR count). The first-order valence-corrected chi connectivity index (χ1v) is 6.89. The summed E-state index contributed by atoms with van der Waals surface area (Å²) in [5, 5.41) is 10.9. The Bertz CT molecular complexity index is 542. The molecule has 0 saturated heterocycles. The number of aromatic nitrogens is 2. The normalized spacial score (nSPS) is 10.7. The van der Waals surface area contributed by atoms with Gasteiger partial charge in [-0.2, -0.15) is 0 Å². The van der Waals surface area contributed by atoms with Crippen LogP contribution < -0.4 is 10.1 Å². The van der Waals surface area contributed by atoms with Gasteiger partial charge in [0.1, 0.15) is 5.75 Å². The van der Waals surface area contributed by atoms with Crippen LogP contribution in [0.3, 0.4) is 0 Å². The fourth-order valence-corrected chi connectivity index (χ4v) is 2.12. The minimum Gasteiger partial charge on any atom is -0.483 e. The van der Waals surface area contributed by atoms with Crippen molar-refractivity contribution in [2.45, 2.75) is 27.0 Å². The van der Waals surface area contributed by atoms with E-state index in [2.05, 4.69) is 38.4 Å². The molecule has 1 aromatic heterocycles. The smallest absolute Gasteiger partial charge is 0.253 e. The second kappa shape index (κ2) is 6.68. The van der Waals surface area contributed by atoms with Gasteiger partial charge in [-0.05, 0) is 40.2 Å². The van der Waals surface area contributed by atoms with Crippen LogP contribution >= 0.6 is 15.9 Å². The van der Waals surface area contributed by atoms with Crippen LogP contribution in [0.1, 0.15) is 24.3 Å². The Balaban J connectivity index is 1.96. The first kappa shape index (κ1) is 14.0. The highest BCUT2D eigenvalue weighted by molar-refractivity contribution is 9.10. The molecule has 0 aliphatic rings. The van der Waals surface area contributed by atoms with Gasteiger partial charge in [-0.1, -0.05) is 13.0 Å². The van der Waals surface area contributed by atoms with Gasteiger partial charge >= 0.3 is 0 Å². The molecule has 0 spiro atoms. The van der Waals surface area contributed by atoms with Crippen molar-refractivity contribution in [1.82, 2.24) is 15.5 Å². The number of rotatable bonds is 6. The highest BCUT2D eigenvalue weighted by atomic mass is 79.9. The summed E-state index contributed by atoms with van der Waals surface area (Å²) in [6.45, 7) is 5.90. The van der Waals surface area contributed by atoms with E-state index in [1.807, 2.05) is 18.2 Å². The summed E-state index contributed by atoms with van der Waals surface area (Å²) in [5.41, 5.74) is 1.20. The topological polar surface area (TPSA) is 60.2 Å². The lowest BCUT2D eigenvalue weighted by atomic mass is 10.2. The molecular weight excluding hydrogens is 310 g/mol. The maximum absolute atomic E-state index is 5.63. The largest absolute Gasteiger partial charge is 0.483 e. The zero-order chi connectivity index (χ0) is 13.7. The van der Waals surface area contributed by atoms with E-state index >= 15 is 0 Å². The second-order valence-electron chi connectivity index (χ2n) is 4.05. The summed E-state index contributed by atoms with van der Waals surface area (Å²) in [5.74, 6) is 1.77. The molecule has 0 amide bonds. The standard InChI is InChI=1S/C13H16BrN3O2/c1-3-15-7-10-4-5-12(11(14)6-10)18-8-13-17-16-9(2)19-13/h4-6,15H,3,7-8H2,1-2H3. The molecule has 0 saturated carbocycles. The van der Waals surface area contributed by atoms with Gasteiger partial charge in [0.25, 0.3) is 5.89 Å². The SMILES string of the molecule is CCNCc1ccc(OCc2nnc(C)o2)c(Br)c1. The van der Waals surface area contributed by atoms with Gasteiger partial charge < -0.3 is 14.5 Å². The van der Waals surface area contributed by atoms with Gasteiger partial charge in [0.05, 0.1) is 4.47 Å². The predicted octanol–water partition coefficient (Wildman–Crippen LogP) is 2.83. The van der Waals surface area contributed by atoms with Gasteiger partial charge in [0.2, 0.25) is 5.89 Å². The lowest BCUT2D eigenvalue weighted by Gasteiger charge is -2.08. The van der Waals surface area contributed by atoms with E-state index in [4.69, 9.17) is 9.15 Å². The predicted molar refractivity (Wildman–Crippen MR) is 74.9 cm³/mol. The van der Waals surface area contributed by atoms with Crippen molar-refractivity contribution in [3.63, 3.8) is 0 Å². The molecule has 0 atom stereocenters. The fourth-order valence-electron chi connectivity index (χ4n) is 1.58. The molecule has 1 N–H and O–H groups in total. The average Bonchev–Trinajstić information content (AvgIpc) is 2.81. The lowest BCUT2D eigenvalue weighted by Crippen LogP contribution is -2.11. The summed E-state index contributed by atoms with van der Waals surface area (Å²) >= 11 is 3.50. The maximum atomic E-state index is 5.63. The molecule has 1 aromatic carbocycles. The third kappa shape index (κ3) is 4.04. The number of nitrogens with one attached hydrogen (secondary N) is 1. The summed E-state index contributed by atoms with van der Waals surface area (Å²) in [7, 11) is 0. The highest BCUT2D eigenvalue weighted by Crippen LogP contribution is 2.26. The Kier molecular flexibility index (Phi) is 4.93. The summed E-state index contributed by atoms with van der Waals surface area (Å²) in [4.78, 5) is 0. The van der Waals surface area contributed by atoms with Crippen molar-refractivity contribution in [2.75, 3.05) is 6.54 Å². The first-order valence-electron chi connectivity index (χ1n) is 6.10. The van der Waals surface area contributed by atoms with Gasteiger partial charge in [-0.3, -0.25) is 0 Å². The van der Waals surface area contributed by atoms with E-state index in [1.54, 1.807) is 6.92 Å². The molecule has 102 valence electrons. The number of halogens is 1. The van der Waals surface area contributed by atoms with Crippen LogP contribution in [0.15, 0.2) is 27.1 Å². The summed E-state index contributed by atoms with van der Waals surface area (Å²) in [6.07, 6.45) is 0. The molecule has 0 radical (unpaired) electrons. The third-order valence-corrected chi connectivity index (χ3v) is 3.11. The number of aryl methyl sites for hydroxylation is 1.